The first-order valence-electron chi connectivity index (χ1n) is 10.5. The molecule has 1 fully saturated rings. The van der Waals surface area contributed by atoms with E-state index in [0.717, 1.165) is 37.1 Å². The molecule has 3 heterocycles. The summed E-state index contributed by atoms with van der Waals surface area (Å²) in [6.07, 6.45) is 3.56. The predicted molar refractivity (Wildman–Crippen MR) is 134 cm³/mol. The number of aromatic nitrogens is 1. The number of fused-ring (bicyclic) bond motifs is 1. The Morgan fingerprint density at radius 1 is 1.06 bits per heavy atom. The second-order valence-corrected chi connectivity index (χ2v) is 9.62. The van der Waals surface area contributed by atoms with Crippen LogP contribution in [0.4, 0.5) is 5.82 Å². The third-order valence-electron chi connectivity index (χ3n) is 5.88. The van der Waals surface area contributed by atoms with Gasteiger partial charge in [-0.1, -0.05) is 47.5 Å². The predicted octanol–water partition coefficient (Wildman–Crippen LogP) is 6.67. The second kappa shape index (κ2) is 9.10. The van der Waals surface area contributed by atoms with Gasteiger partial charge in [0.25, 0.3) is 5.91 Å². The molecule has 0 atom stereocenters. The van der Waals surface area contributed by atoms with Crippen LogP contribution in [0.3, 0.4) is 0 Å². The molecule has 2 aromatic carbocycles. The SMILES string of the molecule is O=C(NC1CCN(c2nccc3cc(-c4cccs4)ccc23)CC1)c1cccc(Cl)c1Cl. The molecule has 1 saturated heterocycles. The number of hydrogen-bond donors (Lipinski definition) is 1. The van der Waals surface area contributed by atoms with Gasteiger partial charge in [0, 0.05) is 35.6 Å². The Bertz CT molecular complexity index is 1270. The Balaban J connectivity index is 1.29. The third-order valence-corrected chi connectivity index (χ3v) is 7.61. The lowest BCUT2D eigenvalue weighted by Gasteiger charge is -2.33. The van der Waals surface area contributed by atoms with Crippen molar-refractivity contribution in [3.8, 4) is 10.4 Å². The molecule has 0 bridgehead atoms. The summed E-state index contributed by atoms with van der Waals surface area (Å²) < 4.78 is 0. The maximum Gasteiger partial charge on any atom is 0.253 e. The number of pyridine rings is 1. The zero-order chi connectivity index (χ0) is 22.1. The van der Waals surface area contributed by atoms with Crippen LogP contribution in [0.5, 0.6) is 0 Å². The van der Waals surface area contributed by atoms with E-state index in [1.807, 2.05) is 6.20 Å². The van der Waals surface area contributed by atoms with Gasteiger partial charge in [0.15, 0.2) is 0 Å². The Kier molecular flexibility index (Phi) is 6.05. The molecule has 1 amide bonds. The number of anilines is 1. The highest BCUT2D eigenvalue weighted by Crippen LogP contribution is 2.32. The normalized spacial score (nSPS) is 14.6. The summed E-state index contributed by atoms with van der Waals surface area (Å²) in [5.74, 6) is 0.822. The summed E-state index contributed by atoms with van der Waals surface area (Å²) in [6, 6.07) is 18.1. The van der Waals surface area contributed by atoms with Crippen LogP contribution >= 0.6 is 34.5 Å². The summed E-state index contributed by atoms with van der Waals surface area (Å²) in [4.78, 5) is 20.9. The van der Waals surface area contributed by atoms with Crippen LogP contribution < -0.4 is 10.2 Å². The Morgan fingerprint density at radius 2 is 1.91 bits per heavy atom. The Labute approximate surface area is 200 Å². The minimum atomic E-state index is -0.180. The van der Waals surface area contributed by atoms with Crippen molar-refractivity contribution in [1.82, 2.24) is 10.3 Å². The van der Waals surface area contributed by atoms with Gasteiger partial charge in [-0.05, 0) is 59.5 Å². The number of piperidine rings is 1. The highest BCUT2D eigenvalue weighted by atomic mass is 35.5. The number of nitrogens with one attached hydrogen (secondary N) is 1. The van der Waals surface area contributed by atoms with E-state index in [2.05, 4.69) is 57.0 Å². The van der Waals surface area contributed by atoms with E-state index in [4.69, 9.17) is 23.2 Å². The molecule has 1 aliphatic heterocycles. The lowest BCUT2D eigenvalue weighted by Crippen LogP contribution is -2.45. The van der Waals surface area contributed by atoms with Crippen molar-refractivity contribution in [3.05, 3.63) is 81.8 Å². The van der Waals surface area contributed by atoms with Crippen LogP contribution in [0.15, 0.2) is 66.2 Å². The molecule has 32 heavy (non-hydrogen) atoms. The van der Waals surface area contributed by atoms with Crippen molar-refractivity contribution in [1.29, 1.82) is 0 Å². The van der Waals surface area contributed by atoms with Crippen LogP contribution in [0.25, 0.3) is 21.2 Å². The van der Waals surface area contributed by atoms with Gasteiger partial charge in [0.2, 0.25) is 0 Å². The van der Waals surface area contributed by atoms with Crippen LogP contribution in [0.1, 0.15) is 23.2 Å². The Morgan fingerprint density at radius 3 is 2.69 bits per heavy atom. The van der Waals surface area contributed by atoms with Crippen molar-refractivity contribution in [2.24, 2.45) is 0 Å². The molecule has 4 aromatic rings. The van der Waals surface area contributed by atoms with E-state index in [1.54, 1.807) is 29.5 Å². The molecule has 4 nitrogen and oxygen atoms in total. The Hall–Kier alpha value is -2.60. The molecule has 0 unspecified atom stereocenters. The van der Waals surface area contributed by atoms with Crippen molar-refractivity contribution >= 4 is 57.0 Å². The fraction of sp³-hybridized carbons (Fsp3) is 0.200. The largest absolute Gasteiger partial charge is 0.356 e. The average molecular weight is 482 g/mol. The average Bonchev–Trinajstić information content (AvgIpc) is 3.36. The zero-order valence-electron chi connectivity index (χ0n) is 17.2. The first-order chi connectivity index (χ1) is 15.6. The van der Waals surface area contributed by atoms with E-state index in [-0.39, 0.29) is 11.9 Å². The number of thiophene rings is 1. The monoisotopic (exact) mass is 481 g/mol. The maximum absolute atomic E-state index is 12.7. The van der Waals surface area contributed by atoms with E-state index in [1.165, 1.54) is 15.8 Å². The topological polar surface area (TPSA) is 45.2 Å². The summed E-state index contributed by atoms with van der Waals surface area (Å²) in [6.45, 7) is 1.65. The van der Waals surface area contributed by atoms with E-state index < -0.39 is 0 Å². The molecule has 0 spiro atoms. The number of benzene rings is 2. The van der Waals surface area contributed by atoms with Gasteiger partial charge in [-0.25, -0.2) is 4.98 Å². The molecular formula is C25H21Cl2N3OS. The first-order valence-corrected chi connectivity index (χ1v) is 12.2. The van der Waals surface area contributed by atoms with Crippen LogP contribution in [0, 0.1) is 0 Å². The van der Waals surface area contributed by atoms with Crippen molar-refractivity contribution in [3.63, 3.8) is 0 Å². The van der Waals surface area contributed by atoms with E-state index in [0.29, 0.717) is 15.6 Å². The number of carbonyl (C=O) groups excluding carboxylic acids is 1. The molecule has 1 aliphatic rings. The second-order valence-electron chi connectivity index (χ2n) is 7.88. The van der Waals surface area contributed by atoms with Gasteiger partial charge in [-0.15, -0.1) is 11.3 Å². The lowest BCUT2D eigenvalue weighted by atomic mass is 10.0. The minimum absolute atomic E-state index is 0.0919. The summed E-state index contributed by atoms with van der Waals surface area (Å²) >= 11 is 14.0. The standard InChI is InChI=1S/C25H21Cl2N3OS/c26-21-4-1-3-20(23(21)27)25(31)29-18-9-12-30(13-10-18)24-19-7-6-17(22-5-2-14-32-22)15-16(19)8-11-28-24/h1-8,11,14-15,18H,9-10,12-13H2,(H,29,31). The molecule has 162 valence electrons. The van der Waals surface area contributed by atoms with Gasteiger partial charge >= 0.3 is 0 Å². The van der Waals surface area contributed by atoms with Crippen molar-refractivity contribution in [2.75, 3.05) is 18.0 Å². The number of carbonyl (C=O) groups is 1. The van der Waals surface area contributed by atoms with Crippen LogP contribution in [0.2, 0.25) is 10.0 Å². The number of hydrogen-bond acceptors (Lipinski definition) is 4. The minimum Gasteiger partial charge on any atom is -0.356 e. The molecule has 2 aromatic heterocycles. The van der Waals surface area contributed by atoms with Crippen molar-refractivity contribution < 1.29 is 4.79 Å². The summed E-state index contributed by atoms with van der Waals surface area (Å²) in [7, 11) is 0. The van der Waals surface area contributed by atoms with E-state index >= 15 is 0 Å². The van der Waals surface area contributed by atoms with Gasteiger partial charge in [-0.2, -0.15) is 0 Å². The molecule has 5 rings (SSSR count). The molecule has 0 radical (unpaired) electrons. The number of rotatable bonds is 4. The fourth-order valence-electron chi connectivity index (χ4n) is 4.19. The van der Waals surface area contributed by atoms with Gasteiger partial charge < -0.3 is 10.2 Å². The van der Waals surface area contributed by atoms with Crippen molar-refractivity contribution in [2.45, 2.75) is 18.9 Å². The molecule has 0 aliphatic carbocycles. The smallest absolute Gasteiger partial charge is 0.253 e. The first kappa shape index (κ1) is 21.3. The number of nitrogens with zero attached hydrogens (tertiary/aromatic N) is 2. The fourth-order valence-corrected chi connectivity index (χ4v) is 5.30. The maximum atomic E-state index is 12.7. The highest BCUT2D eigenvalue weighted by molar-refractivity contribution is 7.13. The quantitative estimate of drug-likeness (QED) is 0.353. The summed E-state index contributed by atoms with van der Waals surface area (Å²) in [5, 5.41) is 8.23. The van der Waals surface area contributed by atoms with Gasteiger partial charge in [-0.3, -0.25) is 4.79 Å². The number of halogens is 2. The number of amides is 1. The molecule has 0 saturated carbocycles. The molecule has 1 N–H and O–H groups in total. The molecule has 7 heteroatoms. The zero-order valence-corrected chi connectivity index (χ0v) is 19.6. The highest BCUT2D eigenvalue weighted by Gasteiger charge is 2.24. The third kappa shape index (κ3) is 4.20. The summed E-state index contributed by atoms with van der Waals surface area (Å²) in [5.41, 5.74) is 1.64. The van der Waals surface area contributed by atoms with Crippen LogP contribution in [-0.2, 0) is 0 Å². The lowest BCUT2D eigenvalue weighted by molar-refractivity contribution is 0.0931. The van der Waals surface area contributed by atoms with E-state index in [9.17, 15) is 4.79 Å². The van der Waals surface area contributed by atoms with Gasteiger partial charge in [0.05, 0.1) is 15.6 Å². The molecular weight excluding hydrogens is 461 g/mol. The van der Waals surface area contributed by atoms with Crippen LogP contribution in [-0.4, -0.2) is 30.0 Å². The van der Waals surface area contributed by atoms with Gasteiger partial charge in [0.1, 0.15) is 5.82 Å².